The van der Waals surface area contributed by atoms with Crippen molar-refractivity contribution in [2.75, 3.05) is 13.7 Å². The minimum Gasteiger partial charge on any atom is -0.467 e. The van der Waals surface area contributed by atoms with Crippen LogP contribution in [0.15, 0.2) is 0 Å². The Kier molecular flexibility index (Phi) is 5.28. The number of carbonyl (C=O) groups excluding carboxylic acids is 2. The zero-order valence-corrected chi connectivity index (χ0v) is 9.66. The van der Waals surface area contributed by atoms with Crippen molar-refractivity contribution in [2.24, 2.45) is 5.41 Å². The molecule has 0 saturated carbocycles. The lowest BCUT2D eigenvalue weighted by Crippen LogP contribution is -2.48. The molecule has 0 saturated heterocycles. The number of methoxy groups -OCH3 is 1. The highest BCUT2D eigenvalue weighted by molar-refractivity contribution is 5.87. The predicted molar refractivity (Wildman–Crippen MR) is 55.1 cm³/mol. The summed E-state index contributed by atoms with van der Waals surface area (Å²) in [7, 11) is 1.21. The van der Waals surface area contributed by atoms with Gasteiger partial charge >= 0.3 is 5.97 Å². The highest BCUT2D eigenvalue weighted by atomic mass is 16.5. The molecular formula is C10H19NO4. The maximum atomic E-state index is 11.7. The zero-order valence-electron chi connectivity index (χ0n) is 9.66. The Morgan fingerprint density at radius 3 is 2.33 bits per heavy atom. The van der Waals surface area contributed by atoms with Gasteiger partial charge in [-0.15, -0.1) is 0 Å². The van der Waals surface area contributed by atoms with Crippen LogP contribution in [0.5, 0.6) is 0 Å². The largest absolute Gasteiger partial charge is 0.467 e. The molecular weight excluding hydrogens is 198 g/mol. The number of rotatable bonds is 5. The van der Waals surface area contributed by atoms with Crippen molar-refractivity contribution in [1.82, 2.24) is 5.32 Å². The number of hydrogen-bond donors (Lipinski definition) is 2. The van der Waals surface area contributed by atoms with E-state index in [1.807, 2.05) is 6.92 Å². The van der Waals surface area contributed by atoms with Crippen LogP contribution in [0.1, 0.15) is 27.2 Å². The van der Waals surface area contributed by atoms with Gasteiger partial charge in [0.2, 0.25) is 5.91 Å². The van der Waals surface area contributed by atoms with Crippen molar-refractivity contribution in [3.8, 4) is 0 Å². The summed E-state index contributed by atoms with van der Waals surface area (Å²) in [5.74, 6) is -0.910. The smallest absolute Gasteiger partial charge is 0.330 e. The molecule has 1 atom stereocenters. The molecule has 0 heterocycles. The van der Waals surface area contributed by atoms with Crippen molar-refractivity contribution in [3.05, 3.63) is 0 Å². The number of carbonyl (C=O) groups is 2. The summed E-state index contributed by atoms with van der Waals surface area (Å²) >= 11 is 0. The number of ether oxygens (including phenoxy) is 1. The second-order valence-corrected chi connectivity index (χ2v) is 3.97. The molecule has 5 heteroatoms. The lowest BCUT2D eigenvalue weighted by atomic mass is 9.89. The van der Waals surface area contributed by atoms with Crippen LogP contribution in [-0.4, -0.2) is 36.7 Å². The van der Waals surface area contributed by atoms with E-state index >= 15 is 0 Å². The van der Waals surface area contributed by atoms with E-state index in [9.17, 15) is 9.59 Å². The van der Waals surface area contributed by atoms with Crippen molar-refractivity contribution in [3.63, 3.8) is 0 Å². The Balaban J connectivity index is 4.44. The SMILES string of the molecule is CCC(C)(C)C(=O)NC(CO)C(=O)OC. The van der Waals surface area contributed by atoms with Crippen LogP contribution in [0.3, 0.4) is 0 Å². The molecule has 0 aromatic carbocycles. The molecule has 88 valence electrons. The van der Waals surface area contributed by atoms with E-state index in [2.05, 4.69) is 10.1 Å². The lowest BCUT2D eigenvalue weighted by molar-refractivity contribution is -0.147. The average molecular weight is 217 g/mol. The van der Waals surface area contributed by atoms with Crippen LogP contribution < -0.4 is 5.32 Å². The molecule has 0 aliphatic heterocycles. The first kappa shape index (κ1) is 13.9. The summed E-state index contributed by atoms with van der Waals surface area (Å²) in [6.45, 7) is 4.96. The summed E-state index contributed by atoms with van der Waals surface area (Å²) in [5.41, 5.74) is -0.554. The first-order chi connectivity index (χ1) is 6.88. The summed E-state index contributed by atoms with van der Waals surface area (Å²) in [6.07, 6.45) is 0.651. The Labute approximate surface area is 89.8 Å². The topological polar surface area (TPSA) is 75.6 Å². The molecule has 2 N–H and O–H groups in total. The lowest BCUT2D eigenvalue weighted by Gasteiger charge is -2.24. The maximum absolute atomic E-state index is 11.7. The van der Waals surface area contributed by atoms with Crippen LogP contribution in [0, 0.1) is 5.41 Å². The molecule has 1 unspecified atom stereocenters. The fraction of sp³-hybridized carbons (Fsp3) is 0.800. The molecule has 0 spiro atoms. The highest BCUT2D eigenvalue weighted by Crippen LogP contribution is 2.19. The third kappa shape index (κ3) is 3.87. The molecule has 0 rings (SSSR count). The Morgan fingerprint density at radius 2 is 2.00 bits per heavy atom. The number of amides is 1. The zero-order chi connectivity index (χ0) is 12.1. The Bertz CT molecular complexity index is 238. The van der Waals surface area contributed by atoms with Gasteiger partial charge in [-0.05, 0) is 6.42 Å². The van der Waals surface area contributed by atoms with Gasteiger partial charge < -0.3 is 15.2 Å². The number of aliphatic hydroxyl groups is 1. The summed E-state index contributed by atoms with van der Waals surface area (Å²) in [6, 6.07) is -0.978. The van der Waals surface area contributed by atoms with Gasteiger partial charge in [0.05, 0.1) is 13.7 Å². The van der Waals surface area contributed by atoms with Gasteiger partial charge in [-0.1, -0.05) is 20.8 Å². The van der Waals surface area contributed by atoms with E-state index in [0.717, 1.165) is 0 Å². The quantitative estimate of drug-likeness (QED) is 0.639. The molecule has 1 amide bonds. The molecule has 0 aromatic rings. The fourth-order valence-electron chi connectivity index (χ4n) is 0.836. The first-order valence-electron chi connectivity index (χ1n) is 4.88. The first-order valence-corrected chi connectivity index (χ1v) is 4.88. The van der Waals surface area contributed by atoms with E-state index in [0.29, 0.717) is 6.42 Å². The molecule has 15 heavy (non-hydrogen) atoms. The second kappa shape index (κ2) is 5.70. The van der Waals surface area contributed by atoms with E-state index in [-0.39, 0.29) is 5.91 Å². The van der Waals surface area contributed by atoms with Crippen molar-refractivity contribution < 1.29 is 19.4 Å². The van der Waals surface area contributed by atoms with Gasteiger partial charge in [-0.2, -0.15) is 0 Å². The summed E-state index contributed by atoms with van der Waals surface area (Å²) < 4.78 is 4.44. The monoisotopic (exact) mass is 217 g/mol. The normalized spacial score (nSPS) is 13.1. The molecule has 5 nitrogen and oxygen atoms in total. The molecule has 0 fully saturated rings. The third-order valence-electron chi connectivity index (χ3n) is 2.47. The van der Waals surface area contributed by atoms with E-state index in [1.54, 1.807) is 13.8 Å². The van der Waals surface area contributed by atoms with Crippen LogP contribution in [-0.2, 0) is 14.3 Å². The Morgan fingerprint density at radius 1 is 1.47 bits per heavy atom. The standard InChI is InChI=1S/C10H19NO4/c1-5-10(2,3)9(14)11-7(6-12)8(13)15-4/h7,12H,5-6H2,1-4H3,(H,11,14). The third-order valence-corrected chi connectivity index (χ3v) is 2.47. The van der Waals surface area contributed by atoms with Crippen LogP contribution in [0.2, 0.25) is 0 Å². The van der Waals surface area contributed by atoms with Crippen LogP contribution in [0.25, 0.3) is 0 Å². The molecule has 0 aromatic heterocycles. The van der Waals surface area contributed by atoms with E-state index in [1.165, 1.54) is 7.11 Å². The van der Waals surface area contributed by atoms with Gasteiger partial charge in [-0.25, -0.2) is 4.79 Å². The number of aliphatic hydroxyl groups excluding tert-OH is 1. The fourth-order valence-corrected chi connectivity index (χ4v) is 0.836. The Hall–Kier alpha value is -1.10. The molecule has 0 bridgehead atoms. The minimum absolute atomic E-state index is 0.269. The van der Waals surface area contributed by atoms with Crippen LogP contribution >= 0.6 is 0 Å². The highest BCUT2D eigenvalue weighted by Gasteiger charge is 2.29. The number of esters is 1. The molecule has 0 aliphatic carbocycles. The van der Waals surface area contributed by atoms with Crippen molar-refractivity contribution >= 4 is 11.9 Å². The number of hydrogen-bond acceptors (Lipinski definition) is 4. The number of nitrogens with one attached hydrogen (secondary N) is 1. The van der Waals surface area contributed by atoms with Gasteiger partial charge in [-0.3, -0.25) is 4.79 Å². The minimum atomic E-state index is -0.978. The molecule has 0 radical (unpaired) electrons. The van der Waals surface area contributed by atoms with E-state index in [4.69, 9.17) is 5.11 Å². The second-order valence-electron chi connectivity index (χ2n) is 3.97. The van der Waals surface area contributed by atoms with Crippen molar-refractivity contribution in [1.29, 1.82) is 0 Å². The molecule has 0 aliphatic rings. The van der Waals surface area contributed by atoms with Gasteiger partial charge in [0, 0.05) is 5.41 Å². The van der Waals surface area contributed by atoms with Crippen LogP contribution in [0.4, 0.5) is 0 Å². The summed E-state index contributed by atoms with van der Waals surface area (Å²) in [4.78, 5) is 22.8. The predicted octanol–water partition coefficient (Wildman–Crippen LogP) is 0.0727. The van der Waals surface area contributed by atoms with E-state index < -0.39 is 24.0 Å². The average Bonchev–Trinajstić information content (AvgIpc) is 2.24. The van der Waals surface area contributed by atoms with Gasteiger partial charge in [0.1, 0.15) is 0 Å². The van der Waals surface area contributed by atoms with Gasteiger partial charge in [0.25, 0.3) is 0 Å². The van der Waals surface area contributed by atoms with Crippen molar-refractivity contribution in [2.45, 2.75) is 33.2 Å². The maximum Gasteiger partial charge on any atom is 0.330 e. The summed E-state index contributed by atoms with van der Waals surface area (Å²) in [5, 5.41) is 11.3. The van der Waals surface area contributed by atoms with Gasteiger partial charge in [0.15, 0.2) is 6.04 Å².